The highest BCUT2D eigenvalue weighted by Gasteiger charge is 2.14. The van der Waals surface area contributed by atoms with Gasteiger partial charge < -0.3 is 5.73 Å². The van der Waals surface area contributed by atoms with E-state index in [1.807, 2.05) is 0 Å². The zero-order valence-corrected chi connectivity index (χ0v) is 9.31. The van der Waals surface area contributed by atoms with Gasteiger partial charge in [0.05, 0.1) is 4.90 Å². The van der Waals surface area contributed by atoms with Crippen LogP contribution >= 0.6 is 15.9 Å². The molecule has 3 N–H and O–H groups in total. The van der Waals surface area contributed by atoms with Gasteiger partial charge in [0.15, 0.2) is 0 Å². The van der Waals surface area contributed by atoms with E-state index in [0.717, 1.165) is 0 Å². The van der Waals surface area contributed by atoms with E-state index in [1.165, 1.54) is 19.2 Å². The van der Waals surface area contributed by atoms with Crippen LogP contribution in [-0.2, 0) is 10.0 Å². The normalized spacial score (nSPS) is 11.5. The summed E-state index contributed by atoms with van der Waals surface area (Å²) in [6, 6.07) is 4.53. The summed E-state index contributed by atoms with van der Waals surface area (Å²) >= 11 is 3.12. The van der Waals surface area contributed by atoms with Crippen molar-refractivity contribution in [3.8, 4) is 0 Å². The molecule has 72 valence electrons. The first-order valence-electron chi connectivity index (χ1n) is 3.46. The molecule has 0 aromatic heterocycles. The molecule has 0 saturated carbocycles. The molecule has 0 spiro atoms. The first-order chi connectivity index (χ1) is 5.97. The van der Waals surface area contributed by atoms with Gasteiger partial charge in [-0.2, -0.15) is 0 Å². The van der Waals surface area contributed by atoms with Crippen LogP contribution in [0.1, 0.15) is 0 Å². The van der Waals surface area contributed by atoms with Crippen molar-refractivity contribution in [1.29, 1.82) is 0 Å². The highest BCUT2D eigenvalue weighted by Crippen LogP contribution is 2.23. The smallest absolute Gasteiger partial charge is 0.241 e. The number of sulfonamides is 1. The maximum atomic E-state index is 11.4. The summed E-state index contributed by atoms with van der Waals surface area (Å²) in [5, 5.41) is 0. The Hall–Kier alpha value is -0.590. The van der Waals surface area contributed by atoms with Crippen molar-refractivity contribution in [2.24, 2.45) is 0 Å². The van der Waals surface area contributed by atoms with E-state index in [2.05, 4.69) is 20.7 Å². The van der Waals surface area contributed by atoms with E-state index in [1.54, 1.807) is 6.07 Å². The third-order valence-electron chi connectivity index (χ3n) is 1.51. The Bertz CT molecular complexity index is 417. The second-order valence-corrected chi connectivity index (χ2v) is 5.11. The molecule has 0 atom stereocenters. The SMILES string of the molecule is CNS(=O)(=O)c1ccc(N)cc1Br. The van der Waals surface area contributed by atoms with Crippen molar-refractivity contribution in [2.45, 2.75) is 4.90 Å². The summed E-state index contributed by atoms with van der Waals surface area (Å²) in [5.41, 5.74) is 5.98. The fraction of sp³-hybridized carbons (Fsp3) is 0.143. The molecule has 0 radical (unpaired) electrons. The van der Waals surface area contributed by atoms with Gasteiger partial charge in [0.2, 0.25) is 10.0 Å². The van der Waals surface area contributed by atoms with Crippen LogP contribution in [0.5, 0.6) is 0 Å². The van der Waals surface area contributed by atoms with Crippen molar-refractivity contribution in [1.82, 2.24) is 4.72 Å². The molecule has 0 aliphatic rings. The van der Waals surface area contributed by atoms with Crippen molar-refractivity contribution in [2.75, 3.05) is 12.8 Å². The maximum Gasteiger partial charge on any atom is 0.241 e. The van der Waals surface area contributed by atoms with Crippen LogP contribution in [0.15, 0.2) is 27.6 Å². The van der Waals surface area contributed by atoms with Crippen LogP contribution in [0.2, 0.25) is 0 Å². The fourth-order valence-corrected chi connectivity index (χ4v) is 2.66. The lowest BCUT2D eigenvalue weighted by molar-refractivity contribution is 0.588. The zero-order chi connectivity index (χ0) is 10.1. The first kappa shape index (κ1) is 10.5. The van der Waals surface area contributed by atoms with Crippen molar-refractivity contribution < 1.29 is 8.42 Å². The summed E-state index contributed by atoms with van der Waals surface area (Å²) < 4.78 is 25.4. The lowest BCUT2D eigenvalue weighted by Crippen LogP contribution is -2.19. The monoisotopic (exact) mass is 264 g/mol. The summed E-state index contributed by atoms with van der Waals surface area (Å²) in [7, 11) is -2.04. The fourth-order valence-electron chi connectivity index (χ4n) is 0.845. The average Bonchev–Trinajstić information content (AvgIpc) is 2.03. The Morgan fingerprint density at radius 3 is 2.54 bits per heavy atom. The largest absolute Gasteiger partial charge is 0.399 e. The molecular formula is C7H9BrN2O2S. The van der Waals surface area contributed by atoms with Crippen LogP contribution < -0.4 is 10.5 Å². The van der Waals surface area contributed by atoms with Gasteiger partial charge in [-0.15, -0.1) is 0 Å². The number of nitrogens with two attached hydrogens (primary N) is 1. The molecule has 6 heteroatoms. The molecule has 0 bridgehead atoms. The van der Waals surface area contributed by atoms with E-state index >= 15 is 0 Å². The minimum Gasteiger partial charge on any atom is -0.399 e. The molecule has 0 unspecified atom stereocenters. The van der Waals surface area contributed by atoms with E-state index in [0.29, 0.717) is 10.2 Å². The molecule has 0 aliphatic heterocycles. The van der Waals surface area contributed by atoms with Crippen molar-refractivity contribution in [3.05, 3.63) is 22.7 Å². The number of rotatable bonds is 2. The second-order valence-electron chi connectivity index (χ2n) is 2.40. The predicted molar refractivity (Wildman–Crippen MR) is 54.8 cm³/mol. The Morgan fingerprint density at radius 1 is 1.46 bits per heavy atom. The number of anilines is 1. The molecule has 4 nitrogen and oxygen atoms in total. The maximum absolute atomic E-state index is 11.4. The lowest BCUT2D eigenvalue weighted by Gasteiger charge is -2.05. The summed E-state index contributed by atoms with van der Waals surface area (Å²) in [6.07, 6.45) is 0. The summed E-state index contributed by atoms with van der Waals surface area (Å²) in [5.74, 6) is 0. The van der Waals surface area contributed by atoms with E-state index < -0.39 is 10.0 Å². The molecule has 1 aromatic rings. The van der Waals surface area contributed by atoms with Gasteiger partial charge in [0, 0.05) is 10.2 Å². The molecule has 0 aliphatic carbocycles. The lowest BCUT2D eigenvalue weighted by atomic mass is 10.3. The van der Waals surface area contributed by atoms with Gasteiger partial charge in [0.1, 0.15) is 0 Å². The van der Waals surface area contributed by atoms with Crippen LogP contribution in [-0.4, -0.2) is 15.5 Å². The van der Waals surface area contributed by atoms with Crippen LogP contribution in [0.25, 0.3) is 0 Å². The van der Waals surface area contributed by atoms with Gasteiger partial charge in [-0.05, 0) is 41.2 Å². The Morgan fingerprint density at radius 2 is 2.08 bits per heavy atom. The molecular weight excluding hydrogens is 256 g/mol. The molecule has 13 heavy (non-hydrogen) atoms. The van der Waals surface area contributed by atoms with Crippen LogP contribution in [0.3, 0.4) is 0 Å². The van der Waals surface area contributed by atoms with E-state index in [-0.39, 0.29) is 4.90 Å². The van der Waals surface area contributed by atoms with Gasteiger partial charge >= 0.3 is 0 Å². The number of hydrogen-bond acceptors (Lipinski definition) is 3. The summed E-state index contributed by atoms with van der Waals surface area (Å²) in [6.45, 7) is 0. The predicted octanol–water partition coefficient (Wildman–Crippen LogP) is 0.939. The molecule has 1 aromatic carbocycles. The Kier molecular flexibility index (Phi) is 2.94. The van der Waals surface area contributed by atoms with Gasteiger partial charge in [-0.25, -0.2) is 13.1 Å². The Balaban J connectivity index is 3.33. The number of nitrogens with one attached hydrogen (secondary N) is 1. The average molecular weight is 265 g/mol. The van der Waals surface area contributed by atoms with Crippen LogP contribution in [0.4, 0.5) is 5.69 Å². The second kappa shape index (κ2) is 3.65. The topological polar surface area (TPSA) is 72.2 Å². The standard InChI is InChI=1S/C7H9BrN2O2S/c1-10-13(11,12)7-3-2-5(9)4-6(7)8/h2-4,10H,9H2,1H3. The van der Waals surface area contributed by atoms with E-state index in [4.69, 9.17) is 5.73 Å². The van der Waals surface area contributed by atoms with Gasteiger partial charge in [-0.1, -0.05) is 0 Å². The van der Waals surface area contributed by atoms with Gasteiger partial charge in [-0.3, -0.25) is 0 Å². The third kappa shape index (κ3) is 2.20. The minimum absolute atomic E-state index is 0.184. The van der Waals surface area contributed by atoms with Gasteiger partial charge in [0.25, 0.3) is 0 Å². The van der Waals surface area contributed by atoms with Crippen LogP contribution in [0, 0.1) is 0 Å². The Labute approximate surface area is 85.3 Å². The third-order valence-corrected chi connectivity index (χ3v) is 3.91. The highest BCUT2D eigenvalue weighted by molar-refractivity contribution is 9.10. The molecule has 0 amide bonds. The van der Waals surface area contributed by atoms with E-state index in [9.17, 15) is 8.42 Å². The molecule has 1 rings (SSSR count). The number of halogens is 1. The molecule has 0 heterocycles. The number of hydrogen-bond donors (Lipinski definition) is 2. The first-order valence-corrected chi connectivity index (χ1v) is 5.73. The zero-order valence-electron chi connectivity index (χ0n) is 6.91. The molecule has 0 fully saturated rings. The summed E-state index contributed by atoms with van der Waals surface area (Å²) in [4.78, 5) is 0.184. The van der Waals surface area contributed by atoms with Crippen molar-refractivity contribution >= 4 is 31.6 Å². The minimum atomic E-state index is -3.40. The number of nitrogen functional groups attached to an aromatic ring is 1. The number of benzene rings is 1. The highest BCUT2D eigenvalue weighted by atomic mass is 79.9. The quantitative estimate of drug-likeness (QED) is 0.781. The molecule has 0 saturated heterocycles. The van der Waals surface area contributed by atoms with Crippen molar-refractivity contribution in [3.63, 3.8) is 0 Å².